The minimum absolute atomic E-state index is 0.102. The maximum Gasteiger partial charge on any atom is 0.251 e. The summed E-state index contributed by atoms with van der Waals surface area (Å²) in [7, 11) is 0. The SMILES string of the molecule is FC(F)CN1CC[C@@H](COCc2ccccc2)C1. The molecule has 0 amide bonds. The van der Waals surface area contributed by atoms with E-state index in [2.05, 4.69) is 0 Å². The molecule has 0 saturated carbocycles. The van der Waals surface area contributed by atoms with Crippen LogP contribution in [0.15, 0.2) is 30.3 Å². The summed E-state index contributed by atoms with van der Waals surface area (Å²) >= 11 is 0. The Hall–Kier alpha value is -1.00. The third-order valence-corrected chi connectivity index (χ3v) is 3.23. The van der Waals surface area contributed by atoms with Crippen LogP contribution in [-0.2, 0) is 11.3 Å². The van der Waals surface area contributed by atoms with Crippen LogP contribution in [0.3, 0.4) is 0 Å². The van der Waals surface area contributed by atoms with Gasteiger partial charge >= 0.3 is 0 Å². The Labute approximate surface area is 107 Å². The summed E-state index contributed by atoms with van der Waals surface area (Å²) < 4.78 is 30.1. The first-order valence-electron chi connectivity index (χ1n) is 6.36. The molecule has 1 aliphatic heterocycles. The Balaban J connectivity index is 1.63. The van der Waals surface area contributed by atoms with E-state index in [1.807, 2.05) is 35.2 Å². The summed E-state index contributed by atoms with van der Waals surface area (Å²) in [4.78, 5) is 1.82. The maximum absolute atomic E-state index is 12.2. The smallest absolute Gasteiger partial charge is 0.251 e. The second kappa shape index (κ2) is 6.81. The summed E-state index contributed by atoms with van der Waals surface area (Å²) in [5.41, 5.74) is 1.15. The molecule has 0 aromatic heterocycles. The molecule has 4 heteroatoms. The zero-order valence-electron chi connectivity index (χ0n) is 10.4. The van der Waals surface area contributed by atoms with Crippen LogP contribution < -0.4 is 0 Å². The number of halogens is 2. The van der Waals surface area contributed by atoms with E-state index in [1.54, 1.807) is 0 Å². The van der Waals surface area contributed by atoms with Crippen molar-refractivity contribution in [1.29, 1.82) is 0 Å². The van der Waals surface area contributed by atoms with E-state index in [9.17, 15) is 8.78 Å². The molecule has 0 bridgehead atoms. The number of hydrogen-bond acceptors (Lipinski definition) is 2. The predicted molar refractivity (Wildman–Crippen MR) is 66.6 cm³/mol. The largest absolute Gasteiger partial charge is 0.376 e. The molecule has 1 aromatic rings. The highest BCUT2D eigenvalue weighted by Crippen LogP contribution is 2.18. The van der Waals surface area contributed by atoms with Crippen molar-refractivity contribution in [3.05, 3.63) is 35.9 Å². The number of alkyl halides is 2. The summed E-state index contributed by atoms with van der Waals surface area (Å²) in [6.07, 6.45) is -1.27. The van der Waals surface area contributed by atoms with E-state index in [0.717, 1.165) is 25.1 Å². The molecule has 18 heavy (non-hydrogen) atoms. The Morgan fingerprint density at radius 1 is 1.28 bits per heavy atom. The van der Waals surface area contributed by atoms with Gasteiger partial charge in [0, 0.05) is 6.54 Å². The van der Waals surface area contributed by atoms with Gasteiger partial charge in [-0.2, -0.15) is 0 Å². The Morgan fingerprint density at radius 3 is 2.78 bits per heavy atom. The third kappa shape index (κ3) is 4.35. The number of nitrogens with zero attached hydrogens (tertiary/aromatic N) is 1. The van der Waals surface area contributed by atoms with Gasteiger partial charge in [0.2, 0.25) is 0 Å². The fourth-order valence-corrected chi connectivity index (χ4v) is 2.33. The molecule has 1 aromatic carbocycles. The van der Waals surface area contributed by atoms with Crippen LogP contribution in [0.25, 0.3) is 0 Å². The molecule has 1 aliphatic rings. The van der Waals surface area contributed by atoms with E-state index >= 15 is 0 Å². The highest BCUT2D eigenvalue weighted by Gasteiger charge is 2.24. The van der Waals surface area contributed by atoms with Gasteiger partial charge in [-0.25, -0.2) is 8.78 Å². The van der Waals surface area contributed by atoms with Gasteiger partial charge in [-0.1, -0.05) is 30.3 Å². The number of ether oxygens (including phenoxy) is 1. The summed E-state index contributed by atoms with van der Waals surface area (Å²) in [6, 6.07) is 10.00. The zero-order valence-corrected chi connectivity index (χ0v) is 10.4. The van der Waals surface area contributed by atoms with Crippen LogP contribution in [0.4, 0.5) is 8.78 Å². The summed E-state index contributed by atoms with van der Waals surface area (Å²) in [6.45, 7) is 2.67. The number of likely N-dealkylation sites (tertiary alicyclic amines) is 1. The topological polar surface area (TPSA) is 12.5 Å². The monoisotopic (exact) mass is 255 g/mol. The van der Waals surface area contributed by atoms with Crippen molar-refractivity contribution in [2.24, 2.45) is 5.92 Å². The molecule has 0 N–H and O–H groups in total. The van der Waals surface area contributed by atoms with Crippen LogP contribution in [-0.4, -0.2) is 37.6 Å². The van der Waals surface area contributed by atoms with Crippen molar-refractivity contribution in [2.45, 2.75) is 19.5 Å². The Kier molecular flexibility index (Phi) is 5.08. The number of benzene rings is 1. The third-order valence-electron chi connectivity index (χ3n) is 3.23. The fraction of sp³-hybridized carbons (Fsp3) is 0.571. The lowest BCUT2D eigenvalue weighted by Gasteiger charge is -2.15. The Bertz CT molecular complexity index is 345. The molecular formula is C14H19F2NO. The fourth-order valence-electron chi connectivity index (χ4n) is 2.33. The minimum atomic E-state index is -2.23. The summed E-state index contributed by atoms with van der Waals surface area (Å²) in [5, 5.41) is 0. The van der Waals surface area contributed by atoms with Crippen molar-refractivity contribution in [2.75, 3.05) is 26.2 Å². The first kappa shape index (κ1) is 13.4. The lowest BCUT2D eigenvalue weighted by Crippen LogP contribution is -2.27. The molecule has 1 atom stereocenters. The summed E-state index contributed by atoms with van der Waals surface area (Å²) in [5.74, 6) is 0.396. The second-order valence-corrected chi connectivity index (χ2v) is 4.81. The van der Waals surface area contributed by atoms with Crippen molar-refractivity contribution in [3.8, 4) is 0 Å². The van der Waals surface area contributed by atoms with Gasteiger partial charge in [-0.15, -0.1) is 0 Å². The molecule has 0 unspecified atom stereocenters. The van der Waals surface area contributed by atoms with Gasteiger partial charge in [-0.3, -0.25) is 4.90 Å². The number of hydrogen-bond donors (Lipinski definition) is 0. The molecule has 2 rings (SSSR count). The predicted octanol–water partition coefficient (Wildman–Crippen LogP) is 2.79. The van der Waals surface area contributed by atoms with Crippen molar-refractivity contribution < 1.29 is 13.5 Å². The van der Waals surface area contributed by atoms with E-state index in [1.165, 1.54) is 0 Å². The maximum atomic E-state index is 12.2. The average Bonchev–Trinajstić information content (AvgIpc) is 2.77. The van der Waals surface area contributed by atoms with E-state index < -0.39 is 6.43 Å². The minimum Gasteiger partial charge on any atom is -0.376 e. The van der Waals surface area contributed by atoms with E-state index in [4.69, 9.17) is 4.74 Å². The zero-order chi connectivity index (χ0) is 12.8. The molecule has 0 radical (unpaired) electrons. The van der Waals surface area contributed by atoms with E-state index in [-0.39, 0.29) is 6.54 Å². The van der Waals surface area contributed by atoms with Gasteiger partial charge in [0.05, 0.1) is 19.8 Å². The molecule has 100 valence electrons. The van der Waals surface area contributed by atoms with Crippen LogP contribution in [0.1, 0.15) is 12.0 Å². The van der Waals surface area contributed by atoms with Crippen LogP contribution in [0.2, 0.25) is 0 Å². The van der Waals surface area contributed by atoms with Gasteiger partial charge in [0.1, 0.15) is 0 Å². The molecular weight excluding hydrogens is 236 g/mol. The first-order valence-corrected chi connectivity index (χ1v) is 6.36. The van der Waals surface area contributed by atoms with E-state index in [0.29, 0.717) is 19.1 Å². The molecule has 2 nitrogen and oxygen atoms in total. The normalized spacial score (nSPS) is 20.7. The van der Waals surface area contributed by atoms with Crippen molar-refractivity contribution in [1.82, 2.24) is 4.90 Å². The molecule has 1 fully saturated rings. The Morgan fingerprint density at radius 2 is 2.06 bits per heavy atom. The van der Waals surface area contributed by atoms with Gasteiger partial charge in [0.25, 0.3) is 6.43 Å². The molecule has 0 aliphatic carbocycles. The highest BCUT2D eigenvalue weighted by molar-refractivity contribution is 5.13. The second-order valence-electron chi connectivity index (χ2n) is 4.81. The van der Waals surface area contributed by atoms with Gasteiger partial charge < -0.3 is 4.74 Å². The average molecular weight is 255 g/mol. The van der Waals surface area contributed by atoms with Crippen molar-refractivity contribution >= 4 is 0 Å². The standard InChI is InChI=1S/C14H19F2NO/c15-14(16)9-17-7-6-13(8-17)11-18-10-12-4-2-1-3-5-12/h1-5,13-14H,6-11H2/t13-/m1/s1. The number of rotatable bonds is 6. The van der Waals surface area contributed by atoms with Crippen LogP contribution >= 0.6 is 0 Å². The van der Waals surface area contributed by atoms with Crippen LogP contribution in [0, 0.1) is 5.92 Å². The molecule has 1 saturated heterocycles. The quantitative estimate of drug-likeness (QED) is 0.775. The first-order chi connectivity index (χ1) is 8.74. The van der Waals surface area contributed by atoms with Gasteiger partial charge in [0.15, 0.2) is 0 Å². The highest BCUT2D eigenvalue weighted by atomic mass is 19.3. The lowest BCUT2D eigenvalue weighted by molar-refractivity contribution is 0.0768. The van der Waals surface area contributed by atoms with Gasteiger partial charge in [-0.05, 0) is 24.4 Å². The molecule has 1 heterocycles. The van der Waals surface area contributed by atoms with Crippen LogP contribution in [0.5, 0.6) is 0 Å². The van der Waals surface area contributed by atoms with Crippen molar-refractivity contribution in [3.63, 3.8) is 0 Å². The molecule has 0 spiro atoms. The lowest BCUT2D eigenvalue weighted by atomic mass is 10.1.